The lowest BCUT2D eigenvalue weighted by molar-refractivity contribution is -0.146. The Morgan fingerprint density at radius 3 is 2.23 bits per heavy atom. The maximum Gasteiger partial charge on any atom is 0.289 e. The minimum Gasteiger partial charge on any atom is -0.347 e. The molecule has 6 saturated carbocycles. The zero-order valence-corrected chi connectivity index (χ0v) is 29.0. The van der Waals surface area contributed by atoms with E-state index in [0.29, 0.717) is 13.0 Å². The molecule has 9 nitrogen and oxygen atoms in total. The topological polar surface area (TPSA) is 125 Å². The number of ketones is 1. The highest BCUT2D eigenvalue weighted by atomic mass is 32.1. The fourth-order valence-electron chi connectivity index (χ4n) is 10.5. The third-order valence-corrected chi connectivity index (χ3v) is 13.1. The van der Waals surface area contributed by atoms with Crippen LogP contribution in [-0.4, -0.2) is 65.0 Å². The number of hydrogen-bond acceptors (Lipinski definition) is 6. The number of nitrogens with one attached hydrogen (secondary N) is 3. The molecule has 7 aliphatic rings. The van der Waals surface area contributed by atoms with Crippen molar-refractivity contribution in [3.05, 3.63) is 22.4 Å². The second kappa shape index (κ2) is 12.6. The molecule has 0 aromatic carbocycles. The van der Waals surface area contributed by atoms with E-state index in [1.165, 1.54) is 30.6 Å². The van der Waals surface area contributed by atoms with E-state index < -0.39 is 35.2 Å². The van der Waals surface area contributed by atoms with Gasteiger partial charge in [-0.2, -0.15) is 11.3 Å². The highest BCUT2D eigenvalue weighted by Gasteiger charge is 2.54. The summed E-state index contributed by atoms with van der Waals surface area (Å²) in [7, 11) is 0. The number of carbonyl (C=O) groups is 5. The van der Waals surface area contributed by atoms with E-state index >= 15 is 0 Å². The molecule has 3 N–H and O–H groups in total. The van der Waals surface area contributed by atoms with E-state index in [1.54, 1.807) is 4.90 Å². The minimum absolute atomic E-state index is 0.0144. The van der Waals surface area contributed by atoms with Crippen molar-refractivity contribution in [2.75, 3.05) is 6.54 Å². The normalized spacial score (nSPS) is 33.6. The van der Waals surface area contributed by atoms with E-state index in [0.717, 1.165) is 74.7 Å². The fraction of sp³-hybridized carbons (Fsp3) is 0.757. The molecule has 1 aromatic heterocycles. The summed E-state index contributed by atoms with van der Waals surface area (Å²) in [6.07, 6.45) is 12.5. The van der Waals surface area contributed by atoms with Gasteiger partial charge in [-0.1, -0.05) is 27.2 Å². The number of amides is 4. The summed E-state index contributed by atoms with van der Waals surface area (Å²) in [4.78, 5) is 70.5. The van der Waals surface area contributed by atoms with E-state index in [9.17, 15) is 24.0 Å². The van der Waals surface area contributed by atoms with E-state index in [1.807, 2.05) is 37.6 Å². The van der Waals surface area contributed by atoms with Gasteiger partial charge in [0.05, 0.1) is 0 Å². The van der Waals surface area contributed by atoms with Crippen molar-refractivity contribution < 1.29 is 24.0 Å². The Labute approximate surface area is 282 Å². The van der Waals surface area contributed by atoms with Crippen molar-refractivity contribution >= 4 is 40.7 Å². The van der Waals surface area contributed by atoms with Gasteiger partial charge in [0.25, 0.3) is 5.91 Å². The van der Waals surface area contributed by atoms with Crippen molar-refractivity contribution in [2.45, 2.75) is 128 Å². The number of likely N-dealkylation sites (tertiary alicyclic amines) is 1. The van der Waals surface area contributed by atoms with Crippen LogP contribution in [0.2, 0.25) is 0 Å². The first-order chi connectivity index (χ1) is 22.4. The zero-order chi connectivity index (χ0) is 33.1. The Morgan fingerprint density at radius 1 is 0.957 bits per heavy atom. The van der Waals surface area contributed by atoms with Crippen LogP contribution in [0.3, 0.4) is 0 Å². The smallest absolute Gasteiger partial charge is 0.289 e. The largest absolute Gasteiger partial charge is 0.347 e. The van der Waals surface area contributed by atoms with Gasteiger partial charge in [-0.05, 0) is 127 Å². The summed E-state index contributed by atoms with van der Waals surface area (Å²) in [6, 6.07) is -0.617. The van der Waals surface area contributed by atoms with Gasteiger partial charge in [0.2, 0.25) is 23.5 Å². The second-order valence-electron chi connectivity index (χ2n) is 17.3. The summed E-state index contributed by atoms with van der Waals surface area (Å²) < 4.78 is 0. The molecule has 1 aliphatic heterocycles. The monoisotopic (exact) mass is 664 g/mol. The number of thiophene rings is 1. The number of fused-ring (bicyclic) bond motifs is 1. The van der Waals surface area contributed by atoms with Crippen LogP contribution in [0.4, 0.5) is 0 Å². The molecule has 0 radical (unpaired) electrons. The molecule has 47 heavy (non-hydrogen) atoms. The standard InChI is InChI=1S/C37H52N4O5S/c1-36(2,3)32(40-29(42)18-37-15-22-11-23(16-37)13-24(12-22)17-37)35(46)41-19-25-5-4-6-27(25)30(41)33(44)39-28(14-21-9-10-47-20-21)31(43)34(45)38-26-7-8-26/h9-10,20,22-28,30,32H,4-8,11-19H2,1-3H3,(H,38,45)(H,39,44)(H,40,42)/t22?,23?,24?,25-,27-,28-,30-,32+,37?/m0/s1. The average molecular weight is 665 g/mol. The molecule has 2 heterocycles. The molecule has 0 unspecified atom stereocenters. The highest BCUT2D eigenvalue weighted by molar-refractivity contribution is 7.07. The summed E-state index contributed by atoms with van der Waals surface area (Å²) in [6.45, 7) is 6.38. The van der Waals surface area contributed by atoms with Crippen LogP contribution in [0.15, 0.2) is 16.8 Å². The highest BCUT2D eigenvalue weighted by Crippen LogP contribution is 2.61. The predicted octanol–water partition coefficient (Wildman–Crippen LogP) is 4.39. The molecule has 4 amide bonds. The van der Waals surface area contributed by atoms with Gasteiger partial charge in [0, 0.05) is 25.4 Å². The summed E-state index contributed by atoms with van der Waals surface area (Å²) in [5, 5.41) is 12.7. The molecule has 6 aliphatic carbocycles. The Balaban J connectivity index is 1.08. The van der Waals surface area contributed by atoms with Crippen LogP contribution in [0.5, 0.6) is 0 Å². The SMILES string of the molecule is CC(C)(C)[C@H](NC(=O)CC12CC3CC(CC(C3)C1)C2)C(=O)N1C[C@@H]2CCC[C@@H]2[C@H]1C(=O)N[C@@H](Cc1ccsc1)C(=O)C(=O)NC1CC1. The molecular formula is C37H52N4O5S. The van der Waals surface area contributed by atoms with Crippen LogP contribution < -0.4 is 16.0 Å². The molecule has 10 heteroatoms. The minimum atomic E-state index is -1.02. The lowest BCUT2D eigenvalue weighted by atomic mass is 9.49. The van der Waals surface area contributed by atoms with Gasteiger partial charge in [-0.15, -0.1) is 0 Å². The first-order valence-corrected chi connectivity index (χ1v) is 19.1. The molecule has 7 fully saturated rings. The molecule has 256 valence electrons. The lowest BCUT2D eigenvalue weighted by Gasteiger charge is -2.56. The van der Waals surface area contributed by atoms with E-state index in [4.69, 9.17) is 0 Å². The van der Waals surface area contributed by atoms with Crippen molar-refractivity contribution in [3.63, 3.8) is 0 Å². The maximum atomic E-state index is 14.6. The second-order valence-corrected chi connectivity index (χ2v) is 18.0. The van der Waals surface area contributed by atoms with Crippen LogP contribution in [0.1, 0.15) is 103 Å². The number of carbonyl (C=O) groups excluding carboxylic acids is 5. The number of hydrogen-bond donors (Lipinski definition) is 3. The fourth-order valence-corrected chi connectivity index (χ4v) is 11.2. The molecule has 0 spiro atoms. The number of Topliss-reactive ketones (excluding diaryl/α,β-unsaturated/α-hetero) is 1. The molecule has 4 bridgehead atoms. The van der Waals surface area contributed by atoms with Gasteiger partial charge < -0.3 is 20.9 Å². The lowest BCUT2D eigenvalue weighted by Crippen LogP contribution is -2.60. The summed E-state index contributed by atoms with van der Waals surface area (Å²) >= 11 is 1.50. The molecule has 5 atom stereocenters. The van der Waals surface area contributed by atoms with Crippen molar-refractivity contribution in [1.82, 2.24) is 20.9 Å². The van der Waals surface area contributed by atoms with Crippen molar-refractivity contribution in [1.29, 1.82) is 0 Å². The van der Waals surface area contributed by atoms with Crippen LogP contribution in [0.25, 0.3) is 0 Å². The number of nitrogens with zero attached hydrogens (tertiary/aromatic N) is 1. The first kappa shape index (κ1) is 32.8. The van der Waals surface area contributed by atoms with Crippen LogP contribution in [0, 0.1) is 40.4 Å². The van der Waals surface area contributed by atoms with Gasteiger partial charge in [-0.25, -0.2) is 0 Å². The summed E-state index contributed by atoms with van der Waals surface area (Å²) in [5.74, 6) is 0.435. The van der Waals surface area contributed by atoms with Crippen molar-refractivity contribution in [2.24, 2.45) is 40.4 Å². The Kier molecular flexibility index (Phi) is 8.79. The first-order valence-electron chi connectivity index (χ1n) is 18.1. The van der Waals surface area contributed by atoms with E-state index in [-0.39, 0.29) is 47.4 Å². The van der Waals surface area contributed by atoms with Crippen molar-refractivity contribution in [3.8, 4) is 0 Å². The van der Waals surface area contributed by atoms with Gasteiger partial charge in [-0.3, -0.25) is 24.0 Å². The van der Waals surface area contributed by atoms with E-state index in [2.05, 4.69) is 16.0 Å². The van der Waals surface area contributed by atoms with Crippen LogP contribution in [-0.2, 0) is 30.4 Å². The molecule has 1 saturated heterocycles. The Hall–Kier alpha value is -2.75. The Bertz CT molecular complexity index is 1360. The third kappa shape index (κ3) is 6.90. The Morgan fingerprint density at radius 2 is 1.64 bits per heavy atom. The maximum absolute atomic E-state index is 14.6. The molecular weight excluding hydrogens is 612 g/mol. The quantitative estimate of drug-likeness (QED) is 0.303. The third-order valence-electron chi connectivity index (χ3n) is 12.4. The van der Waals surface area contributed by atoms with Gasteiger partial charge in [0.15, 0.2) is 0 Å². The molecule has 8 rings (SSSR count). The number of rotatable bonds is 11. The summed E-state index contributed by atoms with van der Waals surface area (Å²) in [5.41, 5.74) is 0.374. The van der Waals surface area contributed by atoms with Crippen LogP contribution >= 0.6 is 11.3 Å². The van der Waals surface area contributed by atoms with Gasteiger partial charge in [0.1, 0.15) is 18.1 Å². The molecule has 1 aromatic rings. The zero-order valence-electron chi connectivity index (χ0n) is 28.2. The van der Waals surface area contributed by atoms with Gasteiger partial charge >= 0.3 is 0 Å². The average Bonchev–Trinajstić information content (AvgIpc) is 3.33. The predicted molar refractivity (Wildman–Crippen MR) is 179 cm³/mol.